The number of rotatable bonds is 8. The fourth-order valence-electron chi connectivity index (χ4n) is 4.31. The molecule has 0 aromatic heterocycles. The molecule has 2 aromatic carbocycles. The van der Waals surface area contributed by atoms with Gasteiger partial charge in [0.15, 0.2) is 0 Å². The maximum atomic E-state index is 15.1. The Morgan fingerprint density at radius 3 is 2.59 bits per heavy atom. The van der Waals surface area contributed by atoms with Gasteiger partial charge in [-0.2, -0.15) is 5.26 Å². The van der Waals surface area contributed by atoms with Crippen LogP contribution in [0.1, 0.15) is 19.8 Å². The Hall–Kier alpha value is -4.05. The highest BCUT2D eigenvalue weighted by Crippen LogP contribution is 2.33. The number of nitriles is 1. The summed E-state index contributed by atoms with van der Waals surface area (Å²) in [5.74, 6) is -0.310. The Morgan fingerprint density at radius 1 is 1.30 bits per heavy atom. The second-order valence-electron chi connectivity index (χ2n) is 8.83. The number of cyclic esters (lactones) is 1. The van der Waals surface area contributed by atoms with Crippen molar-refractivity contribution in [3.05, 3.63) is 58.4 Å². The summed E-state index contributed by atoms with van der Waals surface area (Å²) >= 11 is 1.15. The van der Waals surface area contributed by atoms with Gasteiger partial charge in [0.25, 0.3) is 5.69 Å². The van der Waals surface area contributed by atoms with Gasteiger partial charge in [0.1, 0.15) is 17.5 Å². The summed E-state index contributed by atoms with van der Waals surface area (Å²) in [4.78, 5) is 36.9. The number of nitro benzene ring substituents is 1. The van der Waals surface area contributed by atoms with E-state index >= 15 is 4.39 Å². The predicted molar refractivity (Wildman–Crippen MR) is 137 cm³/mol. The molecule has 0 unspecified atom stereocenters. The molecule has 2 aliphatic heterocycles. The van der Waals surface area contributed by atoms with Crippen molar-refractivity contribution >= 4 is 46.7 Å². The number of hydrogen-bond acceptors (Lipinski definition) is 9. The summed E-state index contributed by atoms with van der Waals surface area (Å²) in [6.45, 7) is 2.46. The number of piperidine rings is 1. The van der Waals surface area contributed by atoms with Crippen LogP contribution in [0.15, 0.2) is 42.5 Å². The van der Waals surface area contributed by atoms with Gasteiger partial charge < -0.3 is 19.7 Å². The summed E-state index contributed by atoms with van der Waals surface area (Å²) in [6, 6.07) is 12.8. The Morgan fingerprint density at radius 2 is 2.00 bits per heavy atom. The first kappa shape index (κ1) is 26.0. The fourth-order valence-corrected chi connectivity index (χ4v) is 4.96. The Kier molecular flexibility index (Phi) is 7.68. The van der Waals surface area contributed by atoms with Crippen LogP contribution in [0, 0.1) is 27.3 Å². The molecule has 2 saturated heterocycles. The molecule has 4 rings (SSSR count). The van der Waals surface area contributed by atoms with Crippen LogP contribution in [0.2, 0.25) is 0 Å². The maximum Gasteiger partial charge on any atom is 0.414 e. The molecule has 2 aromatic rings. The number of hydrogen-bond donors (Lipinski definition) is 2. The minimum absolute atomic E-state index is 0.0353. The third kappa shape index (κ3) is 6.03. The van der Waals surface area contributed by atoms with Gasteiger partial charge in [-0.1, -0.05) is 0 Å². The first-order chi connectivity index (χ1) is 17.7. The quantitative estimate of drug-likeness (QED) is 0.297. The molecule has 11 nitrogen and oxygen atoms in total. The highest BCUT2D eigenvalue weighted by atomic mass is 32.2. The molecule has 2 aliphatic rings. The summed E-state index contributed by atoms with van der Waals surface area (Å²) in [5.41, 5.74) is 0.429. The number of nitro groups is 1. The molecule has 2 amide bonds. The standard InChI is InChI=1S/C24H25FN6O5S/c1-16(32)28-37-14-20-13-30(23(33)36-20)19-6-7-22(21(25)12-19)29-10-8-24(15-26,9-11-29)27-17-2-4-18(5-3-17)31(34)35/h2-7,12,20,27H,8-11,13-14H2,1H3,(H,28,32)/t20-/m0/s1. The number of benzene rings is 2. The van der Waals surface area contributed by atoms with Crippen LogP contribution >= 0.6 is 11.9 Å². The van der Waals surface area contributed by atoms with Crippen LogP contribution in [0.5, 0.6) is 0 Å². The molecule has 0 radical (unpaired) electrons. The lowest BCUT2D eigenvalue weighted by atomic mass is 9.88. The van der Waals surface area contributed by atoms with E-state index in [1.54, 1.807) is 24.3 Å². The normalized spacial score (nSPS) is 18.6. The second kappa shape index (κ2) is 10.9. The van der Waals surface area contributed by atoms with Crippen LogP contribution in [0.3, 0.4) is 0 Å². The molecular weight excluding hydrogens is 503 g/mol. The average molecular weight is 529 g/mol. The van der Waals surface area contributed by atoms with E-state index < -0.39 is 28.5 Å². The number of halogens is 1. The maximum absolute atomic E-state index is 15.1. The van der Waals surface area contributed by atoms with E-state index in [1.165, 1.54) is 30.0 Å². The zero-order valence-corrected chi connectivity index (χ0v) is 20.8. The third-order valence-electron chi connectivity index (χ3n) is 6.24. The van der Waals surface area contributed by atoms with Gasteiger partial charge in [-0.25, -0.2) is 9.18 Å². The van der Waals surface area contributed by atoms with Crippen LogP contribution < -0.4 is 19.8 Å². The SMILES string of the molecule is CC(=O)NSC[C@@H]1CN(c2ccc(N3CCC(C#N)(Nc4ccc([N+](=O)[O-])cc4)CC3)c(F)c2)C(=O)O1. The second-order valence-corrected chi connectivity index (χ2v) is 9.66. The zero-order chi connectivity index (χ0) is 26.6. The van der Waals surface area contributed by atoms with Gasteiger partial charge in [-0.05, 0) is 42.3 Å². The van der Waals surface area contributed by atoms with E-state index in [-0.39, 0.29) is 18.1 Å². The number of amides is 2. The van der Waals surface area contributed by atoms with Crippen LogP contribution in [0.25, 0.3) is 0 Å². The molecule has 2 N–H and O–H groups in total. The number of non-ortho nitro benzene ring substituents is 1. The van der Waals surface area contributed by atoms with Crippen molar-refractivity contribution in [3.63, 3.8) is 0 Å². The van der Waals surface area contributed by atoms with Crippen molar-refractivity contribution < 1.29 is 23.6 Å². The molecular formula is C24H25FN6O5S. The van der Waals surface area contributed by atoms with Crippen molar-refractivity contribution in [2.24, 2.45) is 0 Å². The van der Waals surface area contributed by atoms with E-state index in [1.807, 2.05) is 4.90 Å². The minimum Gasteiger partial charge on any atom is -0.443 e. The third-order valence-corrected chi connectivity index (χ3v) is 7.21. The highest BCUT2D eigenvalue weighted by Gasteiger charge is 2.36. The van der Waals surface area contributed by atoms with Gasteiger partial charge >= 0.3 is 6.09 Å². The molecule has 194 valence electrons. The van der Waals surface area contributed by atoms with Crippen molar-refractivity contribution in [2.75, 3.05) is 40.5 Å². The van der Waals surface area contributed by atoms with E-state index in [9.17, 15) is 25.0 Å². The summed E-state index contributed by atoms with van der Waals surface area (Å²) < 4.78 is 23.0. The number of ether oxygens (including phenoxy) is 1. The first-order valence-corrected chi connectivity index (χ1v) is 12.5. The Bertz CT molecular complexity index is 1230. The van der Waals surface area contributed by atoms with Crippen molar-refractivity contribution in [1.29, 1.82) is 5.26 Å². The first-order valence-electron chi connectivity index (χ1n) is 11.5. The van der Waals surface area contributed by atoms with Gasteiger partial charge in [0, 0.05) is 50.7 Å². The molecule has 0 spiro atoms. The smallest absolute Gasteiger partial charge is 0.414 e. The van der Waals surface area contributed by atoms with Gasteiger partial charge in [-0.3, -0.25) is 19.8 Å². The predicted octanol–water partition coefficient (Wildman–Crippen LogP) is 3.82. The fraction of sp³-hybridized carbons (Fsp3) is 0.375. The lowest BCUT2D eigenvalue weighted by Crippen LogP contribution is -2.48. The van der Waals surface area contributed by atoms with Crippen LogP contribution in [-0.2, 0) is 9.53 Å². The van der Waals surface area contributed by atoms with Gasteiger partial charge in [-0.15, -0.1) is 0 Å². The lowest BCUT2D eigenvalue weighted by molar-refractivity contribution is -0.384. The number of nitrogens with one attached hydrogen (secondary N) is 2. The number of nitrogens with zero attached hydrogens (tertiary/aromatic N) is 4. The van der Waals surface area contributed by atoms with E-state index in [4.69, 9.17) is 4.74 Å². The largest absolute Gasteiger partial charge is 0.443 e. The summed E-state index contributed by atoms with van der Waals surface area (Å²) in [6.07, 6.45) is -0.187. The summed E-state index contributed by atoms with van der Waals surface area (Å²) in [5, 5.41) is 23.9. The average Bonchev–Trinajstić information content (AvgIpc) is 3.25. The van der Waals surface area contributed by atoms with Crippen molar-refractivity contribution in [2.45, 2.75) is 31.4 Å². The molecule has 2 fully saturated rings. The van der Waals surface area contributed by atoms with Crippen molar-refractivity contribution in [3.8, 4) is 6.07 Å². The number of carbonyl (C=O) groups excluding carboxylic acids is 2. The monoisotopic (exact) mass is 528 g/mol. The number of anilines is 3. The topological polar surface area (TPSA) is 141 Å². The molecule has 2 heterocycles. The molecule has 0 saturated carbocycles. The molecule has 0 aliphatic carbocycles. The molecule has 0 bridgehead atoms. The van der Waals surface area contributed by atoms with Gasteiger partial charge in [0.05, 0.1) is 34.7 Å². The van der Waals surface area contributed by atoms with Crippen molar-refractivity contribution in [1.82, 2.24) is 4.72 Å². The van der Waals surface area contributed by atoms with Crippen LogP contribution in [-0.4, -0.2) is 54.0 Å². The summed E-state index contributed by atoms with van der Waals surface area (Å²) in [7, 11) is 0. The van der Waals surface area contributed by atoms with E-state index in [0.29, 0.717) is 48.7 Å². The van der Waals surface area contributed by atoms with E-state index in [0.717, 1.165) is 11.9 Å². The lowest BCUT2D eigenvalue weighted by Gasteiger charge is -2.39. The highest BCUT2D eigenvalue weighted by molar-refractivity contribution is 7.97. The Labute approximate surface area is 216 Å². The molecule has 13 heteroatoms. The van der Waals surface area contributed by atoms with E-state index in [2.05, 4.69) is 16.1 Å². The minimum atomic E-state index is -0.882. The zero-order valence-electron chi connectivity index (χ0n) is 20.0. The Balaban J connectivity index is 1.37. The van der Waals surface area contributed by atoms with Gasteiger partial charge in [0.2, 0.25) is 5.91 Å². The van der Waals surface area contributed by atoms with Crippen LogP contribution in [0.4, 0.5) is 31.9 Å². The molecule has 37 heavy (non-hydrogen) atoms. The number of carbonyl (C=O) groups is 2. The molecule has 1 atom stereocenters.